The summed E-state index contributed by atoms with van der Waals surface area (Å²) in [5.74, 6) is -1.96. The van der Waals surface area contributed by atoms with E-state index in [1.807, 2.05) is 18.2 Å². The Bertz CT molecular complexity index is 776. The molecule has 7 heteroatoms. The van der Waals surface area contributed by atoms with Crippen LogP contribution in [0, 0.1) is 11.6 Å². The number of carbonyl (C=O) groups is 2. The molecule has 0 fully saturated rings. The molecular formula is C19H20F2N2O3. The molecule has 0 unspecified atom stereocenters. The summed E-state index contributed by atoms with van der Waals surface area (Å²) >= 11 is 0. The van der Waals surface area contributed by atoms with Gasteiger partial charge < -0.3 is 15.0 Å². The molecule has 2 rings (SSSR count). The zero-order valence-corrected chi connectivity index (χ0v) is 14.6. The Hall–Kier alpha value is -2.96. The lowest BCUT2D eigenvalue weighted by Gasteiger charge is -2.22. The molecule has 0 atom stereocenters. The number of amides is 2. The van der Waals surface area contributed by atoms with Gasteiger partial charge >= 0.3 is 0 Å². The molecule has 5 nitrogen and oxygen atoms in total. The van der Waals surface area contributed by atoms with Gasteiger partial charge in [0, 0.05) is 32.0 Å². The van der Waals surface area contributed by atoms with Crippen LogP contribution in [0.2, 0.25) is 0 Å². The first kappa shape index (κ1) is 19.4. The van der Waals surface area contributed by atoms with Crippen LogP contribution in [0.5, 0.6) is 5.75 Å². The van der Waals surface area contributed by atoms with Gasteiger partial charge in [0.1, 0.15) is 23.1 Å². The van der Waals surface area contributed by atoms with Crippen molar-refractivity contribution in [2.45, 2.75) is 19.9 Å². The fraction of sp³-hybridized carbons (Fsp3) is 0.263. The SMILES string of the molecule is COc1ccccc1CNC(=O)CCN(C(C)=O)c1c(F)cccc1F. The molecule has 26 heavy (non-hydrogen) atoms. The number of hydrogen-bond donors (Lipinski definition) is 1. The van der Waals surface area contributed by atoms with E-state index in [9.17, 15) is 18.4 Å². The van der Waals surface area contributed by atoms with Crippen molar-refractivity contribution in [3.63, 3.8) is 0 Å². The molecular weight excluding hydrogens is 342 g/mol. The van der Waals surface area contributed by atoms with Gasteiger partial charge in [-0.3, -0.25) is 9.59 Å². The Labute approximate surface area is 150 Å². The van der Waals surface area contributed by atoms with Gasteiger partial charge in [-0.05, 0) is 18.2 Å². The molecule has 0 radical (unpaired) electrons. The van der Waals surface area contributed by atoms with Crippen molar-refractivity contribution in [2.24, 2.45) is 0 Å². The van der Waals surface area contributed by atoms with E-state index in [0.717, 1.165) is 22.6 Å². The van der Waals surface area contributed by atoms with Crippen LogP contribution in [0.3, 0.4) is 0 Å². The van der Waals surface area contributed by atoms with E-state index in [2.05, 4.69) is 5.32 Å². The highest BCUT2D eigenvalue weighted by Gasteiger charge is 2.20. The van der Waals surface area contributed by atoms with E-state index in [0.29, 0.717) is 5.75 Å². The second-order valence-electron chi connectivity index (χ2n) is 5.58. The molecule has 2 aromatic rings. The molecule has 2 aromatic carbocycles. The van der Waals surface area contributed by atoms with Crippen molar-refractivity contribution in [3.8, 4) is 5.75 Å². The minimum absolute atomic E-state index is 0.0947. The molecule has 0 saturated carbocycles. The van der Waals surface area contributed by atoms with Crippen LogP contribution >= 0.6 is 0 Å². The molecule has 0 aliphatic heterocycles. The smallest absolute Gasteiger partial charge is 0.224 e. The number of halogens is 2. The topological polar surface area (TPSA) is 58.6 Å². The minimum atomic E-state index is -0.852. The molecule has 0 heterocycles. The zero-order chi connectivity index (χ0) is 19.1. The summed E-state index contributed by atoms with van der Waals surface area (Å²) in [5, 5.41) is 2.70. The maximum absolute atomic E-state index is 13.9. The van der Waals surface area contributed by atoms with E-state index < -0.39 is 23.2 Å². The lowest BCUT2D eigenvalue weighted by atomic mass is 10.2. The standard InChI is InChI=1S/C19H20F2N2O3/c1-13(24)23(19-15(20)7-5-8-16(19)21)11-10-18(25)22-12-14-6-3-4-9-17(14)26-2/h3-9H,10-12H2,1-2H3,(H,22,25). The van der Waals surface area contributed by atoms with Crippen molar-refractivity contribution < 1.29 is 23.1 Å². The van der Waals surface area contributed by atoms with Crippen molar-refractivity contribution >= 4 is 17.5 Å². The first-order valence-corrected chi connectivity index (χ1v) is 8.04. The third-order valence-electron chi connectivity index (χ3n) is 3.82. The quantitative estimate of drug-likeness (QED) is 0.824. The Kier molecular flexibility index (Phi) is 6.66. The van der Waals surface area contributed by atoms with Gasteiger partial charge in [-0.15, -0.1) is 0 Å². The highest BCUT2D eigenvalue weighted by Crippen LogP contribution is 2.23. The van der Waals surface area contributed by atoms with Gasteiger partial charge in [0.25, 0.3) is 0 Å². The Morgan fingerprint density at radius 1 is 1.08 bits per heavy atom. The second-order valence-corrected chi connectivity index (χ2v) is 5.58. The first-order valence-electron chi connectivity index (χ1n) is 8.04. The van der Waals surface area contributed by atoms with Crippen molar-refractivity contribution in [3.05, 3.63) is 59.7 Å². The predicted octanol–water partition coefficient (Wildman–Crippen LogP) is 3.03. The number of anilines is 1. The third kappa shape index (κ3) is 4.78. The van der Waals surface area contributed by atoms with Crippen molar-refractivity contribution in [1.29, 1.82) is 0 Å². The number of nitrogens with zero attached hydrogens (tertiary/aromatic N) is 1. The molecule has 0 spiro atoms. The van der Waals surface area contributed by atoms with E-state index >= 15 is 0 Å². The third-order valence-corrected chi connectivity index (χ3v) is 3.82. The summed E-state index contributed by atoms with van der Waals surface area (Å²) in [5.41, 5.74) is 0.351. The Balaban J connectivity index is 1.99. The van der Waals surface area contributed by atoms with E-state index in [4.69, 9.17) is 4.74 Å². The normalized spacial score (nSPS) is 10.3. The number of carbonyl (C=O) groups excluding carboxylic acids is 2. The van der Waals surface area contributed by atoms with E-state index in [1.54, 1.807) is 6.07 Å². The summed E-state index contributed by atoms with van der Waals surface area (Å²) < 4.78 is 33.0. The maximum atomic E-state index is 13.9. The molecule has 0 aromatic heterocycles. The van der Waals surface area contributed by atoms with Crippen LogP contribution in [0.15, 0.2) is 42.5 Å². The van der Waals surface area contributed by atoms with E-state index in [1.165, 1.54) is 20.1 Å². The largest absolute Gasteiger partial charge is 0.496 e. The number of rotatable bonds is 7. The average Bonchev–Trinajstić information content (AvgIpc) is 2.62. The average molecular weight is 362 g/mol. The monoisotopic (exact) mass is 362 g/mol. The molecule has 138 valence electrons. The number of para-hydroxylation sites is 2. The predicted molar refractivity (Wildman–Crippen MR) is 93.8 cm³/mol. The summed E-state index contributed by atoms with van der Waals surface area (Å²) in [7, 11) is 1.54. The first-order chi connectivity index (χ1) is 12.4. The second kappa shape index (κ2) is 8.94. The van der Waals surface area contributed by atoms with Crippen LogP contribution in [-0.2, 0) is 16.1 Å². The van der Waals surface area contributed by atoms with Crippen LogP contribution < -0.4 is 15.0 Å². The number of nitrogens with one attached hydrogen (secondary N) is 1. The lowest BCUT2D eigenvalue weighted by Crippen LogP contribution is -2.35. The number of methoxy groups -OCH3 is 1. The van der Waals surface area contributed by atoms with Gasteiger partial charge in [-0.1, -0.05) is 24.3 Å². The summed E-state index contributed by atoms with van der Waals surface area (Å²) in [6.07, 6.45) is -0.0947. The molecule has 0 aliphatic carbocycles. The van der Waals surface area contributed by atoms with Crippen LogP contribution in [0.25, 0.3) is 0 Å². The molecule has 0 bridgehead atoms. The Morgan fingerprint density at radius 3 is 2.35 bits per heavy atom. The summed E-state index contributed by atoms with van der Waals surface area (Å²) in [6.45, 7) is 1.31. The fourth-order valence-electron chi connectivity index (χ4n) is 2.52. The highest BCUT2D eigenvalue weighted by atomic mass is 19.1. The molecule has 0 aliphatic rings. The van der Waals surface area contributed by atoms with Gasteiger partial charge in [0.2, 0.25) is 11.8 Å². The highest BCUT2D eigenvalue weighted by molar-refractivity contribution is 5.92. The fourth-order valence-corrected chi connectivity index (χ4v) is 2.52. The number of ether oxygens (including phenoxy) is 1. The Morgan fingerprint density at radius 2 is 1.73 bits per heavy atom. The molecule has 0 saturated heterocycles. The van der Waals surface area contributed by atoms with Crippen LogP contribution in [0.1, 0.15) is 18.9 Å². The van der Waals surface area contributed by atoms with Gasteiger partial charge in [-0.25, -0.2) is 8.78 Å². The zero-order valence-electron chi connectivity index (χ0n) is 14.6. The number of hydrogen-bond acceptors (Lipinski definition) is 3. The van der Waals surface area contributed by atoms with Crippen LogP contribution in [0.4, 0.5) is 14.5 Å². The maximum Gasteiger partial charge on any atom is 0.224 e. The van der Waals surface area contributed by atoms with Gasteiger partial charge in [0.15, 0.2) is 0 Å². The van der Waals surface area contributed by atoms with Gasteiger partial charge in [-0.2, -0.15) is 0 Å². The lowest BCUT2D eigenvalue weighted by molar-refractivity contribution is -0.121. The minimum Gasteiger partial charge on any atom is -0.496 e. The summed E-state index contributed by atoms with van der Waals surface area (Å²) in [6, 6.07) is 10.6. The van der Waals surface area contributed by atoms with Crippen molar-refractivity contribution in [2.75, 3.05) is 18.6 Å². The van der Waals surface area contributed by atoms with Crippen molar-refractivity contribution in [1.82, 2.24) is 5.32 Å². The number of benzene rings is 2. The molecule has 2 amide bonds. The van der Waals surface area contributed by atoms with E-state index in [-0.39, 0.29) is 25.4 Å². The molecule has 1 N–H and O–H groups in total. The van der Waals surface area contributed by atoms with Crippen LogP contribution in [-0.4, -0.2) is 25.5 Å². The van der Waals surface area contributed by atoms with Gasteiger partial charge in [0.05, 0.1) is 7.11 Å². The summed E-state index contributed by atoms with van der Waals surface area (Å²) in [4.78, 5) is 24.8.